The van der Waals surface area contributed by atoms with Gasteiger partial charge in [-0.25, -0.2) is 4.79 Å². The quantitative estimate of drug-likeness (QED) is 0.0284. The zero-order chi connectivity index (χ0) is 43.5. The molecular weight excluding hydrogens is 739 g/mol. The van der Waals surface area contributed by atoms with Gasteiger partial charge >= 0.3 is 17.9 Å². The van der Waals surface area contributed by atoms with Crippen LogP contribution in [0.1, 0.15) is 181 Å². The second-order valence-electron chi connectivity index (χ2n) is 16.6. The Kier molecular flexibility index (Phi) is 39.2. The van der Waals surface area contributed by atoms with Crippen molar-refractivity contribution in [1.82, 2.24) is 0 Å². The Morgan fingerprint density at radius 3 is 1.41 bits per heavy atom. The normalized spacial score (nSPS) is 13.6. The van der Waals surface area contributed by atoms with E-state index >= 15 is 0 Å². The maximum atomic E-state index is 12.8. The molecule has 338 valence electrons. The number of hydrogen-bond acceptors (Lipinski definition) is 6. The first kappa shape index (κ1) is 55.8. The fourth-order valence-electron chi connectivity index (χ4n) is 6.46. The van der Waals surface area contributed by atoms with E-state index in [1.54, 1.807) is 0 Å². The highest BCUT2D eigenvalue weighted by molar-refractivity contribution is 5.72. The van der Waals surface area contributed by atoms with Gasteiger partial charge in [0.05, 0.1) is 34.4 Å². The van der Waals surface area contributed by atoms with Crippen molar-refractivity contribution < 1.29 is 38.2 Å². The highest BCUT2D eigenvalue weighted by Crippen LogP contribution is 2.13. The summed E-state index contributed by atoms with van der Waals surface area (Å²) in [5, 5.41) is 9.63. The van der Waals surface area contributed by atoms with E-state index in [1.807, 2.05) is 21.1 Å². The maximum absolute atomic E-state index is 12.8. The van der Waals surface area contributed by atoms with E-state index in [9.17, 15) is 19.5 Å². The number of nitrogens with zero attached hydrogens (tertiary/aromatic N) is 1. The van der Waals surface area contributed by atoms with E-state index in [-0.39, 0.29) is 36.2 Å². The second-order valence-corrected chi connectivity index (χ2v) is 16.6. The Labute approximate surface area is 361 Å². The lowest BCUT2D eigenvalue weighted by molar-refractivity contribution is -0.887. The highest BCUT2D eigenvalue weighted by Gasteiger charge is 2.31. The van der Waals surface area contributed by atoms with Gasteiger partial charge in [-0.3, -0.25) is 9.59 Å². The summed E-state index contributed by atoms with van der Waals surface area (Å²) in [5.74, 6) is -1.51. The van der Waals surface area contributed by atoms with E-state index in [1.165, 1.54) is 44.9 Å². The third kappa shape index (κ3) is 40.0. The minimum atomic E-state index is -0.882. The molecular formula is C51H88NO7+. The van der Waals surface area contributed by atoms with Crippen molar-refractivity contribution in [2.24, 2.45) is 0 Å². The van der Waals surface area contributed by atoms with Crippen molar-refractivity contribution in [2.75, 3.05) is 41.0 Å². The van der Waals surface area contributed by atoms with Crippen molar-refractivity contribution in [2.45, 2.75) is 193 Å². The third-order valence-electron chi connectivity index (χ3n) is 10.1. The number of likely N-dealkylation sites (N-methyl/N-ethyl adjacent to an activating group) is 1. The number of ether oxygens (including phenoxy) is 3. The van der Waals surface area contributed by atoms with Gasteiger partial charge in [0.2, 0.25) is 0 Å². The molecule has 2 unspecified atom stereocenters. The molecule has 0 aliphatic rings. The predicted octanol–water partition coefficient (Wildman–Crippen LogP) is 13.1. The first-order valence-corrected chi connectivity index (χ1v) is 23.5. The zero-order valence-corrected chi connectivity index (χ0v) is 38.4. The Morgan fingerprint density at radius 2 is 0.949 bits per heavy atom. The average molecular weight is 827 g/mol. The third-order valence-corrected chi connectivity index (χ3v) is 10.1. The van der Waals surface area contributed by atoms with Gasteiger partial charge in [0.25, 0.3) is 0 Å². The molecule has 0 rings (SSSR count). The number of rotatable bonds is 41. The van der Waals surface area contributed by atoms with Crippen molar-refractivity contribution in [3.63, 3.8) is 0 Å². The molecule has 0 spiro atoms. The summed E-state index contributed by atoms with van der Waals surface area (Å²) in [6.45, 7) is 4.57. The van der Waals surface area contributed by atoms with Gasteiger partial charge in [0.1, 0.15) is 6.61 Å². The van der Waals surface area contributed by atoms with Crippen LogP contribution in [0.4, 0.5) is 0 Å². The molecule has 0 saturated heterocycles. The number of aliphatic carboxylic acids is 1. The predicted molar refractivity (Wildman–Crippen MR) is 247 cm³/mol. The number of carboxylic acids is 1. The SMILES string of the molecule is CC/C=C\C/C=C\C/C=C\C/C=C\CCCCCCCCC(=O)OC(COCCC(C(=O)O)[N+](C)(C)C)COC(=O)CCCCCCC/C=C\C/C=C\CCCCCC. The number of hydrogen-bond donors (Lipinski definition) is 1. The molecule has 59 heavy (non-hydrogen) atoms. The summed E-state index contributed by atoms with van der Waals surface area (Å²) < 4.78 is 17.3. The molecule has 0 fully saturated rings. The lowest BCUT2D eigenvalue weighted by Crippen LogP contribution is -2.50. The van der Waals surface area contributed by atoms with E-state index in [0.29, 0.717) is 19.3 Å². The number of carbonyl (C=O) groups excluding carboxylic acids is 2. The van der Waals surface area contributed by atoms with Crippen molar-refractivity contribution >= 4 is 17.9 Å². The maximum Gasteiger partial charge on any atom is 0.362 e. The summed E-state index contributed by atoms with van der Waals surface area (Å²) in [5.41, 5.74) is 0. The molecule has 0 aromatic carbocycles. The summed E-state index contributed by atoms with van der Waals surface area (Å²) in [7, 11) is 5.51. The molecule has 1 N–H and O–H groups in total. The molecule has 8 heteroatoms. The molecule has 0 aromatic rings. The summed E-state index contributed by atoms with van der Waals surface area (Å²) >= 11 is 0. The van der Waals surface area contributed by atoms with Crippen LogP contribution < -0.4 is 0 Å². The number of esters is 2. The van der Waals surface area contributed by atoms with E-state index in [0.717, 1.165) is 103 Å². The Hall–Kier alpha value is -3.23. The van der Waals surface area contributed by atoms with Gasteiger partial charge in [0.15, 0.2) is 12.1 Å². The van der Waals surface area contributed by atoms with Gasteiger partial charge in [0, 0.05) is 19.3 Å². The van der Waals surface area contributed by atoms with Gasteiger partial charge in [-0.1, -0.05) is 151 Å². The Bertz CT molecular complexity index is 1190. The molecule has 0 aromatic heterocycles. The molecule has 0 heterocycles. The Balaban J connectivity index is 4.37. The van der Waals surface area contributed by atoms with Crippen molar-refractivity contribution in [1.29, 1.82) is 0 Å². The second kappa shape index (κ2) is 41.5. The van der Waals surface area contributed by atoms with Crippen LogP contribution in [-0.2, 0) is 28.6 Å². The lowest BCUT2D eigenvalue weighted by atomic mass is 10.1. The molecule has 2 atom stereocenters. The van der Waals surface area contributed by atoms with Crippen LogP contribution >= 0.6 is 0 Å². The minimum Gasteiger partial charge on any atom is -0.477 e. The van der Waals surface area contributed by atoms with Crippen LogP contribution in [0.5, 0.6) is 0 Å². The smallest absolute Gasteiger partial charge is 0.362 e. The minimum absolute atomic E-state index is 0.0472. The number of unbranched alkanes of at least 4 members (excludes halogenated alkanes) is 15. The molecule has 8 nitrogen and oxygen atoms in total. The van der Waals surface area contributed by atoms with Gasteiger partial charge in [-0.2, -0.15) is 0 Å². The standard InChI is InChI=1S/C51H87NO7/c1-6-8-10-12-14-16-18-20-22-24-25-26-28-30-32-34-36-38-40-42-50(54)59-47(45-57-44-43-48(51(55)56)52(3,4)5)46-58-49(53)41-39-37-35-33-31-29-27-23-21-19-17-15-13-11-9-7-2/h8,10,14,16-17,19-20,22-23,25-27,47-48H,6-7,9,11-13,15,18,21,24,28-46H2,1-5H3/p+1/b10-8-,16-14-,19-17-,22-20-,26-25-,27-23-. The van der Waals surface area contributed by atoms with Crippen LogP contribution in [0.15, 0.2) is 72.9 Å². The van der Waals surface area contributed by atoms with Gasteiger partial charge < -0.3 is 23.8 Å². The number of carbonyl (C=O) groups is 3. The van der Waals surface area contributed by atoms with Crippen LogP contribution in [0.2, 0.25) is 0 Å². The molecule has 0 amide bonds. The fourth-order valence-corrected chi connectivity index (χ4v) is 6.46. The molecule has 0 aliphatic heterocycles. The number of allylic oxidation sites excluding steroid dienone is 12. The number of quaternary nitrogens is 1. The summed E-state index contributed by atoms with van der Waals surface area (Å²) in [4.78, 5) is 37.1. The molecule has 0 radical (unpaired) electrons. The summed E-state index contributed by atoms with van der Waals surface area (Å²) in [6.07, 6.45) is 52.2. The Morgan fingerprint density at radius 1 is 0.525 bits per heavy atom. The summed E-state index contributed by atoms with van der Waals surface area (Å²) in [6, 6.07) is -0.623. The van der Waals surface area contributed by atoms with Crippen LogP contribution in [0, 0.1) is 0 Å². The topological polar surface area (TPSA) is 99.1 Å². The average Bonchev–Trinajstić information content (AvgIpc) is 3.19. The highest BCUT2D eigenvalue weighted by atomic mass is 16.6. The fraction of sp³-hybridized carbons (Fsp3) is 0.706. The van der Waals surface area contributed by atoms with E-state index < -0.39 is 18.1 Å². The van der Waals surface area contributed by atoms with Gasteiger partial charge in [-0.15, -0.1) is 0 Å². The van der Waals surface area contributed by atoms with E-state index in [2.05, 4.69) is 86.8 Å². The largest absolute Gasteiger partial charge is 0.477 e. The van der Waals surface area contributed by atoms with Crippen LogP contribution in [-0.4, -0.2) is 80.6 Å². The van der Waals surface area contributed by atoms with Crippen LogP contribution in [0.25, 0.3) is 0 Å². The zero-order valence-electron chi connectivity index (χ0n) is 38.4. The first-order valence-electron chi connectivity index (χ1n) is 23.5. The molecule has 0 aliphatic carbocycles. The first-order chi connectivity index (χ1) is 28.6. The molecule has 0 saturated carbocycles. The lowest BCUT2D eigenvalue weighted by Gasteiger charge is -2.31. The van der Waals surface area contributed by atoms with Gasteiger partial charge in [-0.05, 0) is 83.5 Å². The van der Waals surface area contributed by atoms with E-state index in [4.69, 9.17) is 14.2 Å². The van der Waals surface area contributed by atoms with Crippen LogP contribution in [0.3, 0.4) is 0 Å². The van der Waals surface area contributed by atoms with Crippen molar-refractivity contribution in [3.05, 3.63) is 72.9 Å². The monoisotopic (exact) mass is 827 g/mol. The number of carboxylic acid groups (broad SMARTS) is 1. The van der Waals surface area contributed by atoms with Crippen molar-refractivity contribution in [3.8, 4) is 0 Å². The molecule has 0 bridgehead atoms.